The van der Waals surface area contributed by atoms with E-state index in [-0.39, 0.29) is 0 Å². The Morgan fingerprint density at radius 1 is 0.477 bits per heavy atom. The minimum atomic E-state index is -2.12. The van der Waals surface area contributed by atoms with E-state index < -0.39 is 26.3 Å². The van der Waals surface area contributed by atoms with Gasteiger partial charge < -0.3 is 20.4 Å². The van der Waals surface area contributed by atoms with Crippen molar-refractivity contribution in [1.82, 2.24) is 0 Å². The van der Waals surface area contributed by atoms with Gasteiger partial charge in [0.25, 0.3) is 0 Å². The van der Waals surface area contributed by atoms with Crippen molar-refractivity contribution in [3.05, 3.63) is 91.2 Å². The Kier molecular flexibility index (Phi) is 14.2. The van der Waals surface area contributed by atoms with E-state index in [1.54, 1.807) is 0 Å². The molecule has 0 amide bonds. The lowest BCUT2D eigenvalue weighted by molar-refractivity contribution is 0.324. The molecule has 4 rings (SSSR count). The van der Waals surface area contributed by atoms with Crippen LogP contribution in [0.3, 0.4) is 0 Å². The molecule has 2 atom stereocenters. The molecule has 4 nitrogen and oxygen atoms in total. The molecule has 0 saturated heterocycles. The summed E-state index contributed by atoms with van der Waals surface area (Å²) >= 11 is 0. The van der Waals surface area contributed by atoms with Crippen molar-refractivity contribution in [2.75, 3.05) is 26.3 Å². The molecule has 0 saturated carbocycles. The van der Waals surface area contributed by atoms with Gasteiger partial charge in [-0.05, 0) is 155 Å². The van der Waals surface area contributed by atoms with Crippen LogP contribution in [0, 0.1) is 0 Å². The zero-order valence-corrected chi connectivity index (χ0v) is 28.7. The van der Waals surface area contributed by atoms with Gasteiger partial charge in [-0.25, -0.2) is 0 Å². The number of hydrogen-bond donors (Lipinski definition) is 4. The van der Waals surface area contributed by atoms with E-state index in [2.05, 4.69) is 65.6 Å². The molecule has 0 aromatic heterocycles. The number of aliphatic hydroxyl groups is 4. The summed E-state index contributed by atoms with van der Waals surface area (Å²) in [5.74, 6) is 0. The third kappa shape index (κ3) is 15.7. The monoisotopic (exact) mass is 617 g/mol. The molecule has 0 aromatic rings. The largest absolute Gasteiger partial charge is 0.392 e. The Balaban J connectivity index is 0.000000347. The molecule has 4 heteroatoms. The van der Waals surface area contributed by atoms with E-state index in [9.17, 15) is 0 Å². The minimum Gasteiger partial charge on any atom is -0.392 e. The third-order valence-electron chi connectivity index (χ3n) is 8.65. The zero-order valence-electron chi connectivity index (χ0n) is 36.7. The smallest absolute Gasteiger partial charge is 0.211 e. The molecule has 0 radical (unpaired) electrons. The van der Waals surface area contributed by atoms with Crippen LogP contribution in [0.2, 0.25) is 0 Å². The fourth-order valence-electron chi connectivity index (χ4n) is 5.21. The average Bonchev–Trinajstić information content (AvgIpc) is 3.11. The second-order valence-corrected chi connectivity index (χ2v) is 12.7. The van der Waals surface area contributed by atoms with E-state index in [4.69, 9.17) is 21.3 Å². The highest BCUT2D eigenvalue weighted by atomic mass is 16.3. The summed E-state index contributed by atoms with van der Waals surface area (Å²) in [6.07, 6.45) is 17.9. The third-order valence-corrected chi connectivity index (χ3v) is 8.65. The molecule has 0 aliphatic heterocycles. The first kappa shape index (κ1) is 28.0. The normalized spacial score (nSPS) is 22.8. The summed E-state index contributed by atoms with van der Waals surface area (Å²) in [6.45, 7) is 11.0. The van der Waals surface area contributed by atoms with Gasteiger partial charge in [-0.3, -0.25) is 0 Å². The van der Waals surface area contributed by atoms with E-state index >= 15 is 0 Å². The summed E-state index contributed by atoms with van der Waals surface area (Å²) in [7, 11) is 0. The fraction of sp³-hybridized carbons (Fsp3) is 0.600. The first-order chi connectivity index (χ1) is 24.1. The topological polar surface area (TPSA) is 80.9 Å². The highest BCUT2D eigenvalue weighted by molar-refractivity contribution is 5.24. The summed E-state index contributed by atoms with van der Waals surface area (Å²) in [5, 5.41) is 26.4. The maximum atomic E-state index is 9.12. The summed E-state index contributed by atoms with van der Waals surface area (Å²) < 4.78 is 56.9. The Bertz CT molecular complexity index is 1420. The molecule has 4 aliphatic rings. The van der Waals surface area contributed by atoms with Crippen LogP contribution in [0.15, 0.2) is 91.2 Å². The quantitative estimate of drug-likeness (QED) is 0.224. The minimum absolute atomic E-state index is 0.525. The summed E-state index contributed by atoms with van der Waals surface area (Å²) in [4.78, 5) is 0. The molecule has 4 aliphatic carbocycles. The molecule has 0 fully saturated rings. The number of rotatable bonds is 6. The van der Waals surface area contributed by atoms with Crippen molar-refractivity contribution in [3.8, 4) is 0 Å². The Hall–Kier alpha value is -2.24. The molecule has 44 heavy (non-hydrogen) atoms. The van der Waals surface area contributed by atoms with E-state index in [1.165, 1.54) is 44.6 Å². The predicted molar refractivity (Wildman–Crippen MR) is 190 cm³/mol. The lowest BCUT2D eigenvalue weighted by Crippen LogP contribution is -1.99. The van der Waals surface area contributed by atoms with E-state index in [1.807, 2.05) is 24.3 Å². The van der Waals surface area contributed by atoms with Crippen LogP contribution in [0.25, 0.3) is 0 Å². The van der Waals surface area contributed by atoms with Gasteiger partial charge >= 0.3 is 0 Å². The van der Waals surface area contributed by atoms with Gasteiger partial charge in [0.05, 0.1) is 34.5 Å². The molecule has 2 unspecified atom stereocenters. The van der Waals surface area contributed by atoms with E-state index in [0.717, 1.165) is 75.4 Å². The summed E-state index contributed by atoms with van der Waals surface area (Å²) in [6, 6.07) is 0. The maximum absolute atomic E-state index is 9.12. The van der Waals surface area contributed by atoms with Crippen LogP contribution in [0.4, 0.5) is 0 Å². The van der Waals surface area contributed by atoms with Gasteiger partial charge in [-0.1, -0.05) is 68.9 Å². The standard InChI is InChI=1S/4C10H16O/c4*1-8(2)10-5-3-9(7-11)4-6-10/h4*3,11H,4-7H2,1-2H3/i7D2,11D;7D,11D;7D2;7D. The molecular weight excluding hydrogens is 544 g/mol. The van der Waals surface area contributed by atoms with Gasteiger partial charge in [0, 0.05) is 0 Å². The second-order valence-electron chi connectivity index (χ2n) is 12.7. The highest BCUT2D eigenvalue weighted by Crippen LogP contribution is 2.27. The van der Waals surface area contributed by atoms with Crippen LogP contribution in [-0.4, -0.2) is 49.6 Å². The molecule has 0 spiro atoms. The Labute approximate surface area is 281 Å². The number of allylic oxidation sites excluding steroid dienone is 12. The first-order valence-electron chi connectivity index (χ1n) is 20.0. The van der Waals surface area contributed by atoms with Crippen LogP contribution in [0.5, 0.6) is 0 Å². The van der Waals surface area contributed by atoms with Crippen LogP contribution >= 0.6 is 0 Å². The van der Waals surface area contributed by atoms with Crippen LogP contribution < -0.4 is 0 Å². The lowest BCUT2D eigenvalue weighted by Gasteiger charge is -2.15. The molecular formula is C40H64O4. The Morgan fingerprint density at radius 2 is 0.795 bits per heavy atom. The predicted octanol–water partition coefficient (Wildman–Crippen LogP) is 9.70. The van der Waals surface area contributed by atoms with Gasteiger partial charge in [0.1, 0.15) is 0 Å². The van der Waals surface area contributed by atoms with Crippen molar-refractivity contribution >= 4 is 0 Å². The van der Waals surface area contributed by atoms with Crippen molar-refractivity contribution < 1.29 is 28.7 Å². The number of hydrogen-bond acceptors (Lipinski definition) is 4. The summed E-state index contributed by atoms with van der Waals surface area (Å²) in [5.41, 5.74) is 14.0. The number of aliphatic hydroxyl groups excluding tert-OH is 2. The van der Waals surface area contributed by atoms with Crippen molar-refractivity contribution in [2.24, 2.45) is 0 Å². The molecule has 4 N–H and O–H groups in total. The molecule has 0 heterocycles. The zero-order chi connectivity index (χ0) is 39.8. The maximum Gasteiger partial charge on any atom is 0.211 e. The van der Waals surface area contributed by atoms with Crippen molar-refractivity contribution in [3.63, 3.8) is 0 Å². The van der Waals surface area contributed by atoms with Gasteiger partial charge in [-0.15, -0.1) is 0 Å². The van der Waals surface area contributed by atoms with Crippen LogP contribution in [0.1, 0.15) is 141 Å². The Morgan fingerprint density at radius 3 is 1.02 bits per heavy atom. The first-order valence-corrected chi connectivity index (χ1v) is 16.0. The molecule has 0 bridgehead atoms. The van der Waals surface area contributed by atoms with Gasteiger partial charge in [0.15, 0.2) is 0 Å². The lowest BCUT2D eigenvalue weighted by atomic mass is 9.92. The second kappa shape index (κ2) is 22.3. The average molecular weight is 617 g/mol. The molecule has 248 valence electrons. The SMILES string of the molecule is [2H]C(O)C1=CCC(=C(C)C)CC1.[2H]C([2H])(O)C1=CCC(=C(C)C)CC1.[2H]OC([2H])([2H])C1=CCC(=C(C)C)CC1.[2H]OC([2H])C1=CCC(=C(C)C)CC1. The van der Waals surface area contributed by atoms with Crippen molar-refractivity contribution in [2.45, 2.75) is 132 Å². The van der Waals surface area contributed by atoms with E-state index in [0.29, 0.717) is 24.0 Å². The highest BCUT2D eigenvalue weighted by Gasteiger charge is 2.09. The van der Waals surface area contributed by atoms with Crippen LogP contribution in [-0.2, 0) is 0 Å². The van der Waals surface area contributed by atoms with Crippen molar-refractivity contribution in [1.29, 1.82) is 2.86 Å². The fourth-order valence-corrected chi connectivity index (χ4v) is 5.21. The van der Waals surface area contributed by atoms with Gasteiger partial charge in [0.2, 0.25) is 2.86 Å². The molecule has 0 aromatic carbocycles. The van der Waals surface area contributed by atoms with Gasteiger partial charge in [-0.2, -0.15) is 0 Å².